The third-order valence-corrected chi connectivity index (χ3v) is 6.16. The Hall–Kier alpha value is -2.93. The molecule has 32 heavy (non-hydrogen) atoms. The second-order valence-electron chi connectivity index (χ2n) is 8.64. The van der Waals surface area contributed by atoms with E-state index in [-0.39, 0.29) is 42.4 Å². The molecule has 1 aliphatic rings. The van der Waals surface area contributed by atoms with Crippen LogP contribution in [0.2, 0.25) is 0 Å². The number of aryl methyl sites for hydroxylation is 1. The summed E-state index contributed by atoms with van der Waals surface area (Å²) in [5.41, 5.74) is 3.28. The van der Waals surface area contributed by atoms with Crippen LogP contribution in [0, 0.1) is 12.8 Å². The van der Waals surface area contributed by atoms with E-state index in [2.05, 4.69) is 4.98 Å². The number of nitrogens with zero attached hydrogens (tertiary/aromatic N) is 3. The number of aliphatic hydroxyl groups excluding tert-OH is 1. The zero-order valence-corrected chi connectivity index (χ0v) is 19.5. The third kappa shape index (κ3) is 4.93. The van der Waals surface area contributed by atoms with Crippen LogP contribution in [0.25, 0.3) is 11.1 Å². The van der Waals surface area contributed by atoms with Crippen LogP contribution in [-0.4, -0.2) is 70.6 Å². The fraction of sp³-hybridized carbons (Fsp3) is 0.480. The fourth-order valence-corrected chi connectivity index (χ4v) is 4.01. The topological polar surface area (TPSA) is 83.0 Å². The van der Waals surface area contributed by atoms with Gasteiger partial charge in [-0.2, -0.15) is 0 Å². The van der Waals surface area contributed by atoms with E-state index in [9.17, 15) is 14.7 Å². The second-order valence-corrected chi connectivity index (χ2v) is 8.64. The zero-order chi connectivity index (χ0) is 23.4. The van der Waals surface area contributed by atoms with Crippen LogP contribution in [0.1, 0.15) is 43.1 Å². The standard InChI is InChI=1S/C25H33N3O4/c1-6-23(30)27(5)14-22-17(3)13-28(18(4)15-29)25(31)21-11-19(12-26-24(21)32-22)20-10-8-7-9-16(20)2/h7-12,17-18,22,29H,6,13-15H2,1-5H3/t17-,18+,22+/m0/s1. The fourth-order valence-electron chi connectivity index (χ4n) is 4.01. The normalized spacial score (nSPS) is 19.4. The van der Waals surface area contributed by atoms with Crippen LogP contribution in [0.3, 0.4) is 0 Å². The summed E-state index contributed by atoms with van der Waals surface area (Å²) in [7, 11) is 1.76. The molecule has 172 valence electrons. The molecular weight excluding hydrogens is 406 g/mol. The minimum absolute atomic E-state index is 0.0302. The SMILES string of the molecule is CCC(=O)N(C)C[C@H]1Oc2ncc(-c3ccccc3C)cc2C(=O)N([C@H](C)CO)C[C@@H]1C. The van der Waals surface area contributed by atoms with Crippen LogP contribution in [0.15, 0.2) is 36.5 Å². The van der Waals surface area contributed by atoms with Crippen LogP contribution in [-0.2, 0) is 4.79 Å². The molecule has 0 saturated carbocycles. The Bertz CT molecular complexity index is 977. The highest BCUT2D eigenvalue weighted by atomic mass is 16.5. The van der Waals surface area contributed by atoms with Gasteiger partial charge in [0.15, 0.2) is 0 Å². The van der Waals surface area contributed by atoms with Crippen LogP contribution < -0.4 is 4.74 Å². The van der Waals surface area contributed by atoms with Crippen molar-refractivity contribution in [1.82, 2.24) is 14.8 Å². The van der Waals surface area contributed by atoms with Crippen molar-refractivity contribution in [2.45, 2.75) is 46.3 Å². The van der Waals surface area contributed by atoms with Crippen molar-refractivity contribution < 1.29 is 19.4 Å². The van der Waals surface area contributed by atoms with E-state index < -0.39 is 0 Å². The number of amides is 2. The summed E-state index contributed by atoms with van der Waals surface area (Å²) in [5.74, 6) is 0.0118. The Labute approximate surface area is 190 Å². The minimum atomic E-state index is -0.353. The molecule has 0 radical (unpaired) electrons. The zero-order valence-electron chi connectivity index (χ0n) is 19.5. The predicted molar refractivity (Wildman–Crippen MR) is 124 cm³/mol. The highest BCUT2D eigenvalue weighted by molar-refractivity contribution is 5.98. The van der Waals surface area contributed by atoms with Crippen LogP contribution in [0.5, 0.6) is 5.88 Å². The summed E-state index contributed by atoms with van der Waals surface area (Å²) in [6.45, 7) is 8.33. The molecule has 2 amide bonds. The van der Waals surface area contributed by atoms with Crippen molar-refractivity contribution in [2.24, 2.45) is 5.92 Å². The Kier molecular flexibility index (Phi) is 7.51. The highest BCUT2D eigenvalue weighted by Crippen LogP contribution is 2.31. The van der Waals surface area contributed by atoms with E-state index in [0.29, 0.717) is 25.1 Å². The molecule has 7 heteroatoms. The molecule has 0 saturated heterocycles. The first-order valence-electron chi connectivity index (χ1n) is 11.1. The number of ether oxygens (including phenoxy) is 1. The molecule has 3 rings (SSSR count). The average Bonchev–Trinajstić information content (AvgIpc) is 2.80. The molecule has 1 aromatic carbocycles. The summed E-state index contributed by atoms with van der Waals surface area (Å²) in [6, 6.07) is 9.40. The predicted octanol–water partition coefficient (Wildman–Crippen LogP) is 3.15. The maximum Gasteiger partial charge on any atom is 0.259 e. The number of hydrogen-bond acceptors (Lipinski definition) is 5. The molecule has 3 atom stereocenters. The van der Waals surface area contributed by atoms with Crippen LogP contribution in [0.4, 0.5) is 0 Å². The lowest BCUT2D eigenvalue weighted by Gasteiger charge is -2.37. The summed E-state index contributed by atoms with van der Waals surface area (Å²) in [4.78, 5) is 33.5. The first-order valence-corrected chi connectivity index (χ1v) is 11.1. The average molecular weight is 440 g/mol. The highest BCUT2D eigenvalue weighted by Gasteiger charge is 2.34. The number of aromatic nitrogens is 1. The number of fused-ring (bicyclic) bond motifs is 1. The lowest BCUT2D eigenvalue weighted by molar-refractivity contribution is -0.131. The lowest BCUT2D eigenvalue weighted by atomic mass is 9.98. The maximum atomic E-state index is 13.5. The number of carbonyl (C=O) groups is 2. The van der Waals surface area contributed by atoms with Gasteiger partial charge in [-0.25, -0.2) is 4.98 Å². The first-order chi connectivity index (χ1) is 15.3. The van der Waals surface area contributed by atoms with Gasteiger partial charge in [0, 0.05) is 37.7 Å². The molecule has 2 aromatic rings. The largest absolute Gasteiger partial charge is 0.472 e. The van der Waals surface area contributed by atoms with Gasteiger partial charge in [0.05, 0.1) is 19.2 Å². The number of rotatable bonds is 6. The van der Waals surface area contributed by atoms with Crippen molar-refractivity contribution >= 4 is 11.8 Å². The van der Waals surface area contributed by atoms with Gasteiger partial charge in [0.25, 0.3) is 5.91 Å². The third-order valence-electron chi connectivity index (χ3n) is 6.16. The van der Waals surface area contributed by atoms with Crippen molar-refractivity contribution in [3.63, 3.8) is 0 Å². The number of pyridine rings is 1. The summed E-state index contributed by atoms with van der Waals surface area (Å²) < 4.78 is 6.25. The van der Waals surface area contributed by atoms with E-state index in [1.807, 2.05) is 58.0 Å². The quantitative estimate of drug-likeness (QED) is 0.748. The number of carbonyl (C=O) groups excluding carboxylic acids is 2. The molecule has 0 fully saturated rings. The Morgan fingerprint density at radius 2 is 2.06 bits per heavy atom. The lowest BCUT2D eigenvalue weighted by Crippen LogP contribution is -2.50. The summed E-state index contributed by atoms with van der Waals surface area (Å²) >= 11 is 0. The molecule has 0 aliphatic carbocycles. The molecular formula is C25H33N3O4. The number of benzene rings is 1. The van der Waals surface area contributed by atoms with E-state index in [4.69, 9.17) is 4.74 Å². The number of hydrogen-bond donors (Lipinski definition) is 1. The van der Waals surface area contributed by atoms with Gasteiger partial charge in [-0.05, 0) is 31.0 Å². The molecule has 1 N–H and O–H groups in total. The summed E-state index contributed by atoms with van der Waals surface area (Å²) in [6.07, 6.45) is 1.80. The van der Waals surface area contributed by atoms with Gasteiger partial charge in [-0.15, -0.1) is 0 Å². The number of likely N-dealkylation sites (N-methyl/N-ethyl adjacent to an activating group) is 1. The van der Waals surface area contributed by atoms with Gasteiger partial charge in [0.1, 0.15) is 11.7 Å². The van der Waals surface area contributed by atoms with E-state index >= 15 is 0 Å². The molecule has 0 bridgehead atoms. The first kappa shape index (κ1) is 23.7. The number of aliphatic hydroxyl groups is 1. The Balaban J connectivity index is 2.05. The van der Waals surface area contributed by atoms with Crippen molar-refractivity contribution in [3.05, 3.63) is 47.7 Å². The monoisotopic (exact) mass is 439 g/mol. The maximum absolute atomic E-state index is 13.5. The van der Waals surface area contributed by atoms with Crippen LogP contribution >= 0.6 is 0 Å². The van der Waals surface area contributed by atoms with Gasteiger partial charge in [-0.3, -0.25) is 9.59 Å². The second kappa shape index (κ2) is 10.1. The molecule has 1 aliphatic heterocycles. The smallest absolute Gasteiger partial charge is 0.259 e. The van der Waals surface area contributed by atoms with Gasteiger partial charge in [0.2, 0.25) is 11.8 Å². The van der Waals surface area contributed by atoms with E-state index in [1.54, 1.807) is 23.0 Å². The van der Waals surface area contributed by atoms with Gasteiger partial charge >= 0.3 is 0 Å². The minimum Gasteiger partial charge on any atom is -0.472 e. The molecule has 0 unspecified atom stereocenters. The molecule has 2 heterocycles. The van der Waals surface area contributed by atoms with E-state index in [1.165, 1.54) is 0 Å². The van der Waals surface area contributed by atoms with Crippen molar-refractivity contribution in [2.75, 3.05) is 26.7 Å². The molecule has 0 spiro atoms. The summed E-state index contributed by atoms with van der Waals surface area (Å²) in [5, 5.41) is 9.79. The Morgan fingerprint density at radius 3 is 2.72 bits per heavy atom. The van der Waals surface area contributed by atoms with Gasteiger partial charge < -0.3 is 19.6 Å². The Morgan fingerprint density at radius 1 is 1.34 bits per heavy atom. The van der Waals surface area contributed by atoms with Crippen molar-refractivity contribution in [3.8, 4) is 17.0 Å². The molecule has 7 nitrogen and oxygen atoms in total. The van der Waals surface area contributed by atoms with E-state index in [0.717, 1.165) is 16.7 Å². The van der Waals surface area contributed by atoms with Crippen molar-refractivity contribution in [1.29, 1.82) is 0 Å². The molecule has 1 aromatic heterocycles. The van der Waals surface area contributed by atoms with Gasteiger partial charge in [-0.1, -0.05) is 38.1 Å².